The van der Waals surface area contributed by atoms with E-state index < -0.39 is 0 Å². The van der Waals surface area contributed by atoms with E-state index in [2.05, 4.69) is 29.4 Å². The number of carbonyl (C=O) groups is 1. The maximum atomic E-state index is 12.2. The first-order valence-corrected chi connectivity index (χ1v) is 9.26. The normalized spacial score (nSPS) is 10.5. The Kier molecular flexibility index (Phi) is 5.46. The number of aromatic nitrogens is 1. The van der Waals surface area contributed by atoms with Gasteiger partial charge in [-0.3, -0.25) is 4.79 Å². The zero-order chi connectivity index (χ0) is 17.6. The molecule has 3 rings (SSSR count). The minimum Gasteiger partial charge on any atom is -0.349 e. The van der Waals surface area contributed by atoms with Crippen molar-refractivity contribution in [1.29, 1.82) is 0 Å². The minimum atomic E-state index is -0.106. The van der Waals surface area contributed by atoms with Gasteiger partial charge in [-0.1, -0.05) is 30.3 Å². The maximum absolute atomic E-state index is 12.2. The Balaban J connectivity index is 1.71. The fraction of sp³-hybridized carbons (Fsp3) is 0.200. The van der Waals surface area contributed by atoms with E-state index in [1.54, 1.807) is 23.5 Å². The molecule has 0 aliphatic carbocycles. The number of amides is 1. The van der Waals surface area contributed by atoms with Gasteiger partial charge in [-0.2, -0.15) is 0 Å². The number of nitrogens with zero attached hydrogens (tertiary/aromatic N) is 2. The zero-order valence-electron chi connectivity index (χ0n) is 14.4. The summed E-state index contributed by atoms with van der Waals surface area (Å²) >= 11 is 1.66. The molecule has 2 aromatic carbocycles. The molecular weight excluding hydrogens is 330 g/mol. The molecule has 25 heavy (non-hydrogen) atoms. The van der Waals surface area contributed by atoms with Crippen molar-refractivity contribution < 1.29 is 4.79 Å². The lowest BCUT2D eigenvalue weighted by Crippen LogP contribution is -2.21. The van der Waals surface area contributed by atoms with E-state index in [0.29, 0.717) is 5.56 Å². The van der Waals surface area contributed by atoms with Crippen LogP contribution < -0.4 is 10.2 Å². The van der Waals surface area contributed by atoms with Crippen molar-refractivity contribution in [1.82, 2.24) is 4.98 Å². The van der Waals surface area contributed by atoms with Crippen LogP contribution in [0.25, 0.3) is 11.3 Å². The standard InChI is InChI=1S/C20H21N3OS/c1-3-23(4-2)20-22-18(14-25-20)15-10-12-17(13-11-15)21-19(24)16-8-6-5-7-9-16/h5-14H,3-4H2,1-2H3,(H,21,24). The van der Waals surface area contributed by atoms with E-state index in [1.165, 1.54) is 0 Å². The van der Waals surface area contributed by atoms with Gasteiger partial charge in [0.15, 0.2) is 5.13 Å². The number of hydrogen-bond acceptors (Lipinski definition) is 4. The summed E-state index contributed by atoms with van der Waals surface area (Å²) in [6, 6.07) is 17.0. The van der Waals surface area contributed by atoms with Crippen molar-refractivity contribution >= 4 is 28.1 Å². The molecular formula is C20H21N3OS. The number of nitrogens with one attached hydrogen (secondary N) is 1. The van der Waals surface area contributed by atoms with E-state index in [0.717, 1.165) is 35.2 Å². The van der Waals surface area contributed by atoms with Crippen molar-refractivity contribution in [2.24, 2.45) is 0 Å². The number of benzene rings is 2. The zero-order valence-corrected chi connectivity index (χ0v) is 15.2. The van der Waals surface area contributed by atoms with E-state index in [4.69, 9.17) is 4.98 Å². The third kappa shape index (κ3) is 4.06. The molecule has 128 valence electrons. The van der Waals surface area contributed by atoms with Crippen LogP contribution in [0.5, 0.6) is 0 Å². The highest BCUT2D eigenvalue weighted by Crippen LogP contribution is 2.28. The van der Waals surface area contributed by atoms with Crippen molar-refractivity contribution in [3.63, 3.8) is 0 Å². The van der Waals surface area contributed by atoms with Crippen LogP contribution in [0.4, 0.5) is 10.8 Å². The van der Waals surface area contributed by atoms with Gasteiger partial charge < -0.3 is 10.2 Å². The molecule has 0 radical (unpaired) electrons. The first kappa shape index (κ1) is 17.2. The van der Waals surface area contributed by atoms with Crippen molar-refractivity contribution in [3.8, 4) is 11.3 Å². The lowest BCUT2D eigenvalue weighted by atomic mass is 10.1. The number of carbonyl (C=O) groups excluding carboxylic acids is 1. The third-order valence-corrected chi connectivity index (χ3v) is 4.90. The predicted octanol–water partition coefficient (Wildman–Crippen LogP) is 4.91. The molecule has 0 atom stereocenters. The van der Waals surface area contributed by atoms with Crippen LogP contribution in [0.3, 0.4) is 0 Å². The Hall–Kier alpha value is -2.66. The van der Waals surface area contributed by atoms with Gasteiger partial charge in [-0.05, 0) is 38.1 Å². The van der Waals surface area contributed by atoms with Gasteiger partial charge in [0, 0.05) is 35.3 Å². The Bertz CT molecular complexity index is 824. The molecule has 0 saturated heterocycles. The van der Waals surface area contributed by atoms with Crippen molar-refractivity contribution in [2.45, 2.75) is 13.8 Å². The first-order chi connectivity index (χ1) is 12.2. The number of hydrogen-bond donors (Lipinski definition) is 1. The van der Waals surface area contributed by atoms with Gasteiger partial charge in [-0.15, -0.1) is 11.3 Å². The SMILES string of the molecule is CCN(CC)c1nc(-c2ccc(NC(=O)c3ccccc3)cc2)cs1. The van der Waals surface area contributed by atoms with Crippen LogP contribution in [0.2, 0.25) is 0 Å². The van der Waals surface area contributed by atoms with Gasteiger partial charge in [0.1, 0.15) is 0 Å². The number of thiazole rings is 1. The van der Waals surface area contributed by atoms with Crippen LogP contribution in [0, 0.1) is 0 Å². The minimum absolute atomic E-state index is 0.106. The van der Waals surface area contributed by atoms with Crippen LogP contribution >= 0.6 is 11.3 Å². The molecule has 1 N–H and O–H groups in total. The molecule has 0 bridgehead atoms. The molecule has 1 heterocycles. The summed E-state index contributed by atoms with van der Waals surface area (Å²) < 4.78 is 0. The van der Waals surface area contributed by atoms with Gasteiger partial charge >= 0.3 is 0 Å². The number of anilines is 2. The molecule has 3 aromatic rings. The maximum Gasteiger partial charge on any atom is 0.255 e. The predicted molar refractivity (Wildman–Crippen MR) is 106 cm³/mol. The summed E-state index contributed by atoms with van der Waals surface area (Å²) in [5.41, 5.74) is 3.44. The summed E-state index contributed by atoms with van der Waals surface area (Å²) in [4.78, 5) is 19.1. The fourth-order valence-corrected chi connectivity index (χ4v) is 3.52. The molecule has 4 nitrogen and oxygen atoms in total. The number of rotatable bonds is 6. The average molecular weight is 351 g/mol. The Morgan fingerprint density at radius 2 is 1.72 bits per heavy atom. The quantitative estimate of drug-likeness (QED) is 0.686. The fourth-order valence-electron chi connectivity index (χ4n) is 2.55. The van der Waals surface area contributed by atoms with E-state index in [9.17, 15) is 4.79 Å². The molecule has 1 aromatic heterocycles. The second-order valence-corrected chi connectivity index (χ2v) is 6.42. The van der Waals surface area contributed by atoms with Gasteiger partial charge in [0.2, 0.25) is 0 Å². The highest BCUT2D eigenvalue weighted by Gasteiger charge is 2.10. The molecule has 0 aliphatic heterocycles. The summed E-state index contributed by atoms with van der Waals surface area (Å²) in [6.45, 7) is 6.17. The Labute approximate surface area is 152 Å². The second kappa shape index (κ2) is 7.94. The molecule has 5 heteroatoms. The smallest absolute Gasteiger partial charge is 0.255 e. The van der Waals surface area contributed by atoms with Crippen molar-refractivity contribution in [2.75, 3.05) is 23.3 Å². The third-order valence-electron chi connectivity index (χ3n) is 4.00. The Morgan fingerprint density at radius 3 is 2.36 bits per heavy atom. The van der Waals surface area contributed by atoms with Crippen LogP contribution in [-0.2, 0) is 0 Å². The van der Waals surface area contributed by atoms with Crippen LogP contribution in [0.1, 0.15) is 24.2 Å². The monoisotopic (exact) mass is 351 g/mol. The summed E-state index contributed by atoms with van der Waals surface area (Å²) in [5.74, 6) is -0.106. The molecule has 0 fully saturated rings. The molecule has 1 amide bonds. The summed E-state index contributed by atoms with van der Waals surface area (Å²) in [6.07, 6.45) is 0. The van der Waals surface area contributed by atoms with Crippen LogP contribution in [0.15, 0.2) is 60.0 Å². The highest BCUT2D eigenvalue weighted by atomic mass is 32.1. The first-order valence-electron chi connectivity index (χ1n) is 8.38. The topological polar surface area (TPSA) is 45.2 Å². The van der Waals surface area contributed by atoms with E-state index >= 15 is 0 Å². The van der Waals surface area contributed by atoms with Gasteiger partial charge in [-0.25, -0.2) is 4.98 Å². The molecule has 0 unspecified atom stereocenters. The summed E-state index contributed by atoms with van der Waals surface area (Å²) in [5, 5.41) is 6.03. The average Bonchev–Trinajstić information content (AvgIpc) is 3.14. The van der Waals surface area contributed by atoms with Crippen LogP contribution in [-0.4, -0.2) is 24.0 Å². The summed E-state index contributed by atoms with van der Waals surface area (Å²) in [7, 11) is 0. The molecule has 0 spiro atoms. The largest absolute Gasteiger partial charge is 0.349 e. The Morgan fingerprint density at radius 1 is 1.04 bits per heavy atom. The van der Waals surface area contributed by atoms with E-state index in [-0.39, 0.29) is 5.91 Å². The molecule has 0 aliphatic rings. The van der Waals surface area contributed by atoms with E-state index in [1.807, 2.05) is 42.5 Å². The second-order valence-electron chi connectivity index (χ2n) is 5.59. The van der Waals surface area contributed by atoms with Gasteiger partial charge in [0.25, 0.3) is 5.91 Å². The van der Waals surface area contributed by atoms with Gasteiger partial charge in [0.05, 0.1) is 5.69 Å². The van der Waals surface area contributed by atoms with Crippen molar-refractivity contribution in [3.05, 3.63) is 65.5 Å². The molecule has 0 saturated carbocycles. The lowest BCUT2D eigenvalue weighted by molar-refractivity contribution is 0.102. The lowest BCUT2D eigenvalue weighted by Gasteiger charge is -2.16. The highest BCUT2D eigenvalue weighted by molar-refractivity contribution is 7.14.